The van der Waals surface area contributed by atoms with Crippen LogP contribution in [0.5, 0.6) is 11.5 Å². The molecule has 0 saturated carbocycles. The largest absolute Gasteiger partial charge is 0.493 e. The minimum Gasteiger partial charge on any atom is -0.493 e. The lowest BCUT2D eigenvalue weighted by Gasteiger charge is -2.14. The van der Waals surface area contributed by atoms with Gasteiger partial charge in [0.1, 0.15) is 12.4 Å². The topological polar surface area (TPSA) is 30.5 Å². The fourth-order valence-electron chi connectivity index (χ4n) is 2.02. The lowest BCUT2D eigenvalue weighted by molar-refractivity contribution is 0.284. The minimum atomic E-state index is -0.271. The van der Waals surface area contributed by atoms with Gasteiger partial charge >= 0.3 is 0 Å². The Morgan fingerprint density at radius 2 is 1.86 bits per heavy atom. The Labute approximate surface area is 135 Å². The first-order chi connectivity index (χ1) is 10.6. The van der Waals surface area contributed by atoms with Gasteiger partial charge in [-0.1, -0.05) is 30.7 Å². The molecular weight excluding hydrogens is 305 g/mol. The molecule has 0 aliphatic rings. The van der Waals surface area contributed by atoms with Crippen LogP contribution in [0.3, 0.4) is 0 Å². The van der Waals surface area contributed by atoms with E-state index in [4.69, 9.17) is 21.1 Å². The van der Waals surface area contributed by atoms with Crippen molar-refractivity contribution in [3.05, 3.63) is 58.4 Å². The van der Waals surface area contributed by atoms with E-state index in [0.29, 0.717) is 29.7 Å². The van der Waals surface area contributed by atoms with Crippen LogP contribution < -0.4 is 14.8 Å². The van der Waals surface area contributed by atoms with Crippen LogP contribution in [0.1, 0.15) is 18.1 Å². The van der Waals surface area contributed by atoms with Crippen LogP contribution in [0.4, 0.5) is 4.39 Å². The lowest BCUT2D eigenvalue weighted by Crippen LogP contribution is -2.12. The van der Waals surface area contributed by atoms with Crippen molar-refractivity contribution in [1.29, 1.82) is 0 Å². The van der Waals surface area contributed by atoms with Crippen molar-refractivity contribution >= 4 is 11.6 Å². The SMILES string of the molecule is CCNCc1cc(Cl)c(OCc2ccc(F)cc2)c(OC)c1. The van der Waals surface area contributed by atoms with Crippen molar-refractivity contribution in [3.63, 3.8) is 0 Å². The summed E-state index contributed by atoms with van der Waals surface area (Å²) in [6.45, 7) is 3.93. The molecule has 0 amide bonds. The fraction of sp³-hybridized carbons (Fsp3) is 0.294. The maximum Gasteiger partial charge on any atom is 0.180 e. The molecule has 2 aromatic carbocycles. The summed E-state index contributed by atoms with van der Waals surface area (Å²) in [5, 5.41) is 3.73. The van der Waals surface area contributed by atoms with Crippen LogP contribution >= 0.6 is 11.6 Å². The highest BCUT2D eigenvalue weighted by Gasteiger charge is 2.12. The summed E-state index contributed by atoms with van der Waals surface area (Å²) >= 11 is 6.29. The molecule has 0 aliphatic heterocycles. The van der Waals surface area contributed by atoms with Gasteiger partial charge in [-0.15, -0.1) is 0 Å². The molecule has 0 bridgehead atoms. The monoisotopic (exact) mass is 323 g/mol. The predicted octanol–water partition coefficient (Wildman–Crippen LogP) is 4.18. The van der Waals surface area contributed by atoms with E-state index in [0.717, 1.165) is 17.7 Å². The van der Waals surface area contributed by atoms with Gasteiger partial charge in [-0.3, -0.25) is 0 Å². The van der Waals surface area contributed by atoms with Crippen molar-refractivity contribution in [3.8, 4) is 11.5 Å². The lowest BCUT2D eigenvalue weighted by atomic mass is 10.2. The van der Waals surface area contributed by atoms with E-state index >= 15 is 0 Å². The maximum absolute atomic E-state index is 12.9. The molecule has 22 heavy (non-hydrogen) atoms. The first-order valence-corrected chi connectivity index (χ1v) is 7.46. The number of benzene rings is 2. The molecule has 2 aromatic rings. The van der Waals surface area contributed by atoms with E-state index in [1.807, 2.05) is 19.1 Å². The summed E-state index contributed by atoms with van der Waals surface area (Å²) in [4.78, 5) is 0. The molecule has 0 aromatic heterocycles. The Kier molecular flexibility index (Phi) is 6.04. The van der Waals surface area contributed by atoms with Crippen molar-refractivity contribution in [2.75, 3.05) is 13.7 Å². The van der Waals surface area contributed by atoms with E-state index in [1.165, 1.54) is 12.1 Å². The number of hydrogen-bond donors (Lipinski definition) is 1. The third kappa shape index (κ3) is 4.36. The fourth-order valence-corrected chi connectivity index (χ4v) is 2.31. The second kappa shape index (κ2) is 8.01. The molecular formula is C17H19ClFNO2. The minimum absolute atomic E-state index is 0.271. The highest BCUT2D eigenvalue weighted by Crippen LogP contribution is 2.37. The van der Waals surface area contributed by atoms with Gasteiger partial charge in [0, 0.05) is 6.54 Å². The molecule has 0 fully saturated rings. The number of methoxy groups -OCH3 is 1. The molecule has 0 radical (unpaired) electrons. The highest BCUT2D eigenvalue weighted by molar-refractivity contribution is 6.32. The van der Waals surface area contributed by atoms with Crippen molar-refractivity contribution < 1.29 is 13.9 Å². The number of halogens is 2. The molecule has 118 valence electrons. The molecule has 0 atom stereocenters. The zero-order chi connectivity index (χ0) is 15.9. The summed E-state index contributed by atoms with van der Waals surface area (Å²) in [6.07, 6.45) is 0. The molecule has 0 saturated heterocycles. The molecule has 1 N–H and O–H groups in total. The number of rotatable bonds is 7. The number of ether oxygens (including phenoxy) is 2. The average Bonchev–Trinajstić information content (AvgIpc) is 2.53. The smallest absolute Gasteiger partial charge is 0.180 e. The van der Waals surface area contributed by atoms with Gasteiger partial charge in [-0.2, -0.15) is 0 Å². The van der Waals surface area contributed by atoms with Crippen LogP contribution in [0.15, 0.2) is 36.4 Å². The van der Waals surface area contributed by atoms with Crippen LogP contribution in [0.25, 0.3) is 0 Å². The van der Waals surface area contributed by atoms with E-state index < -0.39 is 0 Å². The number of hydrogen-bond acceptors (Lipinski definition) is 3. The van der Waals surface area contributed by atoms with Gasteiger partial charge < -0.3 is 14.8 Å². The number of nitrogens with one attached hydrogen (secondary N) is 1. The molecule has 0 unspecified atom stereocenters. The Morgan fingerprint density at radius 3 is 2.50 bits per heavy atom. The molecule has 0 aliphatic carbocycles. The summed E-state index contributed by atoms with van der Waals surface area (Å²) in [7, 11) is 1.58. The zero-order valence-corrected chi connectivity index (χ0v) is 13.4. The van der Waals surface area contributed by atoms with E-state index in [1.54, 1.807) is 19.2 Å². The second-order valence-electron chi connectivity index (χ2n) is 4.80. The zero-order valence-electron chi connectivity index (χ0n) is 12.7. The maximum atomic E-state index is 12.9. The van der Waals surface area contributed by atoms with Crippen LogP contribution in [-0.2, 0) is 13.2 Å². The standard InChI is InChI=1S/C17H19ClFNO2/c1-3-20-10-13-8-15(18)17(16(9-13)21-2)22-11-12-4-6-14(19)7-5-12/h4-9,20H,3,10-11H2,1-2H3. The summed E-state index contributed by atoms with van der Waals surface area (Å²) in [5.41, 5.74) is 1.88. The van der Waals surface area contributed by atoms with Gasteiger partial charge in [0.05, 0.1) is 12.1 Å². The molecule has 2 rings (SSSR count). The Hall–Kier alpha value is -1.78. The van der Waals surface area contributed by atoms with Crippen LogP contribution in [0.2, 0.25) is 5.02 Å². The van der Waals surface area contributed by atoms with Gasteiger partial charge in [0.15, 0.2) is 11.5 Å². The van der Waals surface area contributed by atoms with Crippen molar-refractivity contribution in [2.45, 2.75) is 20.1 Å². The van der Waals surface area contributed by atoms with E-state index in [2.05, 4.69) is 5.32 Å². The highest BCUT2D eigenvalue weighted by atomic mass is 35.5. The van der Waals surface area contributed by atoms with Crippen LogP contribution in [0, 0.1) is 5.82 Å². The molecule has 0 heterocycles. The summed E-state index contributed by atoms with van der Waals surface area (Å²) in [6, 6.07) is 9.90. The predicted molar refractivity (Wildman–Crippen MR) is 86.1 cm³/mol. The Balaban J connectivity index is 2.13. The molecule has 5 heteroatoms. The Bertz CT molecular complexity index is 617. The van der Waals surface area contributed by atoms with Gasteiger partial charge in [-0.05, 0) is 41.9 Å². The molecule has 3 nitrogen and oxygen atoms in total. The van der Waals surface area contributed by atoms with Gasteiger partial charge in [0.25, 0.3) is 0 Å². The summed E-state index contributed by atoms with van der Waals surface area (Å²) in [5.74, 6) is 0.809. The quantitative estimate of drug-likeness (QED) is 0.829. The normalized spacial score (nSPS) is 10.5. The first kappa shape index (κ1) is 16.6. The Morgan fingerprint density at radius 1 is 1.14 bits per heavy atom. The third-order valence-electron chi connectivity index (χ3n) is 3.16. The van der Waals surface area contributed by atoms with Gasteiger partial charge in [0.2, 0.25) is 0 Å². The van der Waals surface area contributed by atoms with Crippen molar-refractivity contribution in [2.24, 2.45) is 0 Å². The summed E-state index contributed by atoms with van der Waals surface area (Å²) < 4.78 is 24.0. The first-order valence-electron chi connectivity index (χ1n) is 7.08. The third-order valence-corrected chi connectivity index (χ3v) is 3.45. The van der Waals surface area contributed by atoms with Gasteiger partial charge in [-0.25, -0.2) is 4.39 Å². The average molecular weight is 324 g/mol. The molecule has 0 spiro atoms. The van der Waals surface area contributed by atoms with Crippen LogP contribution in [-0.4, -0.2) is 13.7 Å². The van der Waals surface area contributed by atoms with Crippen molar-refractivity contribution in [1.82, 2.24) is 5.32 Å². The van der Waals surface area contributed by atoms with E-state index in [9.17, 15) is 4.39 Å². The second-order valence-corrected chi connectivity index (χ2v) is 5.21. The van der Waals surface area contributed by atoms with E-state index in [-0.39, 0.29) is 5.82 Å².